The molecule has 0 saturated carbocycles. The van der Waals surface area contributed by atoms with Crippen molar-refractivity contribution in [2.45, 2.75) is 39.7 Å². The summed E-state index contributed by atoms with van der Waals surface area (Å²) in [5.41, 5.74) is 3.13. The molecule has 1 aromatic heterocycles. The van der Waals surface area contributed by atoms with Crippen molar-refractivity contribution in [3.8, 4) is 0 Å². The van der Waals surface area contributed by atoms with E-state index in [9.17, 15) is 4.79 Å². The quantitative estimate of drug-likeness (QED) is 0.766. The molecule has 1 amide bonds. The highest BCUT2D eigenvalue weighted by Crippen LogP contribution is 2.17. The minimum atomic E-state index is -0.0449. The summed E-state index contributed by atoms with van der Waals surface area (Å²) in [6.07, 6.45) is 2.09. The van der Waals surface area contributed by atoms with E-state index < -0.39 is 0 Å². The van der Waals surface area contributed by atoms with Gasteiger partial charge in [-0.15, -0.1) is 11.3 Å². The van der Waals surface area contributed by atoms with Gasteiger partial charge in [0.2, 0.25) is 5.91 Å². The second kappa shape index (κ2) is 8.06. The lowest BCUT2D eigenvalue weighted by atomic mass is 10.1. The predicted octanol–water partition coefficient (Wildman–Crippen LogP) is 3.69. The van der Waals surface area contributed by atoms with Crippen LogP contribution in [0, 0.1) is 6.92 Å². The van der Waals surface area contributed by atoms with E-state index >= 15 is 0 Å². The molecule has 0 aliphatic rings. The molecule has 2 aromatic rings. The van der Waals surface area contributed by atoms with E-state index in [4.69, 9.17) is 0 Å². The van der Waals surface area contributed by atoms with E-state index in [2.05, 4.69) is 34.0 Å². The van der Waals surface area contributed by atoms with Crippen molar-refractivity contribution in [1.82, 2.24) is 10.3 Å². The number of carbonyl (C=O) groups excluding carboxylic acids is 1. The standard InChI is InChI=1S/C17H23N3OS/c1-12-11-22-17(19-12)8-5-9-18-13(2)15-6-4-7-16(10-15)20-14(3)21/h4,6-7,10-11,13,18H,5,8-9H2,1-3H3,(H,20,21). The number of hydrogen-bond acceptors (Lipinski definition) is 4. The number of nitrogens with zero attached hydrogens (tertiary/aromatic N) is 1. The van der Waals surface area contributed by atoms with Crippen molar-refractivity contribution in [3.63, 3.8) is 0 Å². The summed E-state index contributed by atoms with van der Waals surface area (Å²) >= 11 is 1.73. The third-order valence-corrected chi connectivity index (χ3v) is 4.42. The Morgan fingerprint density at radius 1 is 1.41 bits per heavy atom. The fourth-order valence-corrected chi connectivity index (χ4v) is 3.10. The van der Waals surface area contributed by atoms with Gasteiger partial charge in [0, 0.05) is 36.1 Å². The average molecular weight is 317 g/mol. The number of benzene rings is 1. The van der Waals surface area contributed by atoms with Crippen LogP contribution in [0.3, 0.4) is 0 Å². The normalized spacial score (nSPS) is 12.1. The highest BCUT2D eigenvalue weighted by atomic mass is 32.1. The van der Waals surface area contributed by atoms with Gasteiger partial charge in [-0.3, -0.25) is 4.79 Å². The van der Waals surface area contributed by atoms with Gasteiger partial charge in [0.05, 0.1) is 5.01 Å². The molecule has 0 radical (unpaired) electrons. The van der Waals surface area contributed by atoms with Crippen molar-refractivity contribution >= 4 is 22.9 Å². The van der Waals surface area contributed by atoms with Crippen LogP contribution in [0.4, 0.5) is 5.69 Å². The Balaban J connectivity index is 1.79. The van der Waals surface area contributed by atoms with Gasteiger partial charge in [-0.2, -0.15) is 0 Å². The molecule has 1 atom stereocenters. The first kappa shape index (κ1) is 16.6. The molecular weight excluding hydrogens is 294 g/mol. The zero-order chi connectivity index (χ0) is 15.9. The summed E-state index contributed by atoms with van der Waals surface area (Å²) in [5, 5.41) is 9.64. The molecule has 2 N–H and O–H groups in total. The van der Waals surface area contributed by atoms with Gasteiger partial charge in [-0.25, -0.2) is 4.98 Å². The molecule has 1 unspecified atom stereocenters. The van der Waals surface area contributed by atoms with Gasteiger partial charge < -0.3 is 10.6 Å². The highest BCUT2D eigenvalue weighted by molar-refractivity contribution is 7.09. The van der Waals surface area contributed by atoms with Crippen LogP contribution in [0.2, 0.25) is 0 Å². The Morgan fingerprint density at radius 3 is 2.91 bits per heavy atom. The average Bonchev–Trinajstić information content (AvgIpc) is 2.88. The van der Waals surface area contributed by atoms with Crippen LogP contribution in [0.5, 0.6) is 0 Å². The summed E-state index contributed by atoms with van der Waals surface area (Å²) < 4.78 is 0. The van der Waals surface area contributed by atoms with E-state index in [0.29, 0.717) is 0 Å². The Hall–Kier alpha value is -1.72. The molecule has 0 saturated heterocycles. The molecule has 0 fully saturated rings. The minimum absolute atomic E-state index is 0.0449. The van der Waals surface area contributed by atoms with Gasteiger partial charge in [0.15, 0.2) is 0 Å². The molecule has 2 rings (SSSR count). The first-order valence-electron chi connectivity index (χ1n) is 7.56. The molecule has 4 nitrogen and oxygen atoms in total. The number of anilines is 1. The lowest BCUT2D eigenvalue weighted by Gasteiger charge is -2.15. The first-order chi connectivity index (χ1) is 10.5. The molecule has 22 heavy (non-hydrogen) atoms. The zero-order valence-electron chi connectivity index (χ0n) is 13.3. The number of aryl methyl sites for hydroxylation is 2. The Bertz CT molecular complexity index is 624. The van der Waals surface area contributed by atoms with Crippen LogP contribution in [0.15, 0.2) is 29.6 Å². The largest absolute Gasteiger partial charge is 0.326 e. The smallest absolute Gasteiger partial charge is 0.221 e. The van der Waals surface area contributed by atoms with Crippen molar-refractivity contribution in [2.24, 2.45) is 0 Å². The van der Waals surface area contributed by atoms with Gasteiger partial charge in [-0.05, 0) is 44.5 Å². The van der Waals surface area contributed by atoms with E-state index in [-0.39, 0.29) is 11.9 Å². The zero-order valence-corrected chi connectivity index (χ0v) is 14.2. The number of amides is 1. The Morgan fingerprint density at radius 2 is 2.23 bits per heavy atom. The number of rotatable bonds is 7. The van der Waals surface area contributed by atoms with Crippen molar-refractivity contribution < 1.29 is 4.79 Å². The summed E-state index contributed by atoms with van der Waals surface area (Å²) in [7, 11) is 0. The molecule has 0 spiro atoms. The maximum absolute atomic E-state index is 11.1. The van der Waals surface area contributed by atoms with Crippen molar-refractivity contribution in [2.75, 3.05) is 11.9 Å². The predicted molar refractivity (Wildman–Crippen MR) is 92.3 cm³/mol. The summed E-state index contributed by atoms with van der Waals surface area (Å²) in [6, 6.07) is 8.22. The van der Waals surface area contributed by atoms with Crippen LogP contribution in [0.25, 0.3) is 0 Å². The number of nitrogens with one attached hydrogen (secondary N) is 2. The SMILES string of the molecule is CC(=O)Nc1cccc(C(C)NCCCc2nc(C)cs2)c1. The number of carbonyl (C=O) groups is 1. The van der Waals surface area contributed by atoms with Gasteiger partial charge in [-0.1, -0.05) is 12.1 Å². The summed E-state index contributed by atoms with van der Waals surface area (Å²) in [6.45, 7) is 6.64. The van der Waals surface area contributed by atoms with Crippen molar-refractivity contribution in [3.05, 3.63) is 45.9 Å². The van der Waals surface area contributed by atoms with Gasteiger partial charge in [0.25, 0.3) is 0 Å². The molecule has 118 valence electrons. The monoisotopic (exact) mass is 317 g/mol. The van der Waals surface area contributed by atoms with E-state index in [1.165, 1.54) is 17.5 Å². The second-order valence-electron chi connectivity index (χ2n) is 5.47. The van der Waals surface area contributed by atoms with E-state index in [1.807, 2.05) is 25.1 Å². The van der Waals surface area contributed by atoms with E-state index in [0.717, 1.165) is 30.8 Å². The van der Waals surface area contributed by atoms with Crippen molar-refractivity contribution in [1.29, 1.82) is 0 Å². The lowest BCUT2D eigenvalue weighted by molar-refractivity contribution is -0.114. The van der Waals surface area contributed by atoms with Crippen LogP contribution in [-0.4, -0.2) is 17.4 Å². The maximum Gasteiger partial charge on any atom is 0.221 e. The Labute approximate surface area is 136 Å². The van der Waals surface area contributed by atoms with E-state index in [1.54, 1.807) is 11.3 Å². The number of thiazole rings is 1. The maximum atomic E-state index is 11.1. The second-order valence-corrected chi connectivity index (χ2v) is 6.41. The fraction of sp³-hybridized carbons (Fsp3) is 0.412. The van der Waals surface area contributed by atoms with Crippen LogP contribution >= 0.6 is 11.3 Å². The molecule has 0 aliphatic heterocycles. The number of hydrogen-bond donors (Lipinski definition) is 2. The molecule has 5 heteroatoms. The summed E-state index contributed by atoms with van der Waals surface area (Å²) in [5.74, 6) is -0.0449. The first-order valence-corrected chi connectivity index (χ1v) is 8.44. The van der Waals surface area contributed by atoms with Crippen LogP contribution < -0.4 is 10.6 Å². The van der Waals surface area contributed by atoms with Gasteiger partial charge in [0.1, 0.15) is 0 Å². The topological polar surface area (TPSA) is 54.0 Å². The lowest BCUT2D eigenvalue weighted by Crippen LogP contribution is -2.20. The third-order valence-electron chi connectivity index (χ3n) is 3.39. The molecular formula is C17H23N3OS. The molecule has 1 aromatic carbocycles. The van der Waals surface area contributed by atoms with Gasteiger partial charge >= 0.3 is 0 Å². The minimum Gasteiger partial charge on any atom is -0.326 e. The fourth-order valence-electron chi connectivity index (χ4n) is 2.28. The molecule has 0 aliphatic carbocycles. The highest BCUT2D eigenvalue weighted by Gasteiger charge is 2.06. The van der Waals surface area contributed by atoms with Crippen LogP contribution in [0.1, 0.15) is 42.6 Å². The Kier molecular flexibility index (Phi) is 6.10. The summed E-state index contributed by atoms with van der Waals surface area (Å²) in [4.78, 5) is 15.6. The molecule has 0 bridgehead atoms. The van der Waals surface area contributed by atoms with Crippen LogP contribution in [-0.2, 0) is 11.2 Å². The number of aromatic nitrogens is 1. The third kappa shape index (κ3) is 5.24. The molecule has 1 heterocycles.